The molecule has 0 aromatic heterocycles. The van der Waals surface area contributed by atoms with Gasteiger partial charge in [0.15, 0.2) is 0 Å². The zero-order valence-electron chi connectivity index (χ0n) is 12.9. The number of hydrogen-bond acceptors (Lipinski definition) is 3. The zero-order valence-corrected chi connectivity index (χ0v) is 13.7. The van der Waals surface area contributed by atoms with E-state index < -0.39 is 0 Å². The highest BCUT2D eigenvalue weighted by molar-refractivity contribution is 7.99. The number of nitrogens with zero attached hydrogens (tertiary/aromatic N) is 1. The molecule has 22 heavy (non-hydrogen) atoms. The average molecular weight is 322 g/mol. The molecule has 1 amide bonds. The van der Waals surface area contributed by atoms with Gasteiger partial charge in [0.1, 0.15) is 5.82 Å². The molecule has 120 valence electrons. The molecule has 3 rings (SSSR count). The molecule has 1 aromatic carbocycles. The molecule has 3 atom stereocenters. The van der Waals surface area contributed by atoms with Crippen molar-refractivity contribution in [3.63, 3.8) is 0 Å². The highest BCUT2D eigenvalue weighted by Gasteiger charge is 2.32. The summed E-state index contributed by atoms with van der Waals surface area (Å²) in [7, 11) is 0. The van der Waals surface area contributed by atoms with Gasteiger partial charge in [-0.1, -0.05) is 6.92 Å². The van der Waals surface area contributed by atoms with Crippen LogP contribution in [0, 0.1) is 11.7 Å². The molecular weight excluding hydrogens is 299 g/mol. The molecule has 2 aliphatic rings. The van der Waals surface area contributed by atoms with Gasteiger partial charge in [0, 0.05) is 41.7 Å². The summed E-state index contributed by atoms with van der Waals surface area (Å²) < 4.78 is 12.9. The minimum Gasteiger partial charge on any atom is -0.341 e. The topological polar surface area (TPSA) is 32.3 Å². The van der Waals surface area contributed by atoms with Gasteiger partial charge in [-0.2, -0.15) is 0 Å². The van der Waals surface area contributed by atoms with Crippen molar-refractivity contribution in [1.29, 1.82) is 0 Å². The fourth-order valence-corrected chi connectivity index (χ4v) is 4.19. The van der Waals surface area contributed by atoms with Crippen LogP contribution < -0.4 is 5.32 Å². The number of halogens is 1. The summed E-state index contributed by atoms with van der Waals surface area (Å²) in [5.41, 5.74) is 0. The van der Waals surface area contributed by atoms with Crippen molar-refractivity contribution in [2.45, 2.75) is 43.2 Å². The Kier molecular flexibility index (Phi) is 5.03. The number of rotatable bonds is 4. The van der Waals surface area contributed by atoms with Crippen molar-refractivity contribution in [2.24, 2.45) is 5.92 Å². The van der Waals surface area contributed by atoms with Gasteiger partial charge in [0.2, 0.25) is 5.91 Å². The average Bonchev–Trinajstić information content (AvgIpc) is 2.85. The van der Waals surface area contributed by atoms with E-state index in [0.29, 0.717) is 12.1 Å². The van der Waals surface area contributed by atoms with E-state index in [0.717, 1.165) is 30.2 Å². The predicted molar refractivity (Wildman–Crippen MR) is 87.4 cm³/mol. The molecular formula is C17H23FN2OS. The normalized spacial score (nSPS) is 25.8. The lowest BCUT2D eigenvalue weighted by atomic mass is 10.1. The smallest absolute Gasteiger partial charge is 0.226 e. The van der Waals surface area contributed by atoms with Gasteiger partial charge in [-0.05, 0) is 43.5 Å². The van der Waals surface area contributed by atoms with Crippen LogP contribution in [0.2, 0.25) is 0 Å². The third-order valence-electron chi connectivity index (χ3n) is 4.57. The Balaban J connectivity index is 1.51. The number of likely N-dealkylation sites (tertiary alicyclic amines) is 1. The van der Waals surface area contributed by atoms with Gasteiger partial charge >= 0.3 is 0 Å². The van der Waals surface area contributed by atoms with Crippen LogP contribution in [0.25, 0.3) is 0 Å². The molecule has 3 nitrogen and oxygen atoms in total. The summed E-state index contributed by atoms with van der Waals surface area (Å²) in [6.07, 6.45) is 3.51. The second-order valence-electron chi connectivity index (χ2n) is 6.38. The second-order valence-corrected chi connectivity index (χ2v) is 7.47. The highest BCUT2D eigenvalue weighted by Crippen LogP contribution is 2.24. The van der Waals surface area contributed by atoms with Gasteiger partial charge in [-0.15, -0.1) is 11.8 Å². The van der Waals surface area contributed by atoms with Crippen LogP contribution in [0.3, 0.4) is 0 Å². The van der Waals surface area contributed by atoms with Crippen molar-refractivity contribution in [3.05, 3.63) is 30.1 Å². The van der Waals surface area contributed by atoms with E-state index in [1.165, 1.54) is 25.0 Å². The number of carbonyl (C=O) groups excluding carboxylic acids is 1. The molecule has 2 bridgehead atoms. The first kappa shape index (κ1) is 15.8. The van der Waals surface area contributed by atoms with Crippen molar-refractivity contribution in [1.82, 2.24) is 10.2 Å². The lowest BCUT2D eigenvalue weighted by Crippen LogP contribution is -2.42. The number of hydrogen-bond donors (Lipinski definition) is 1. The molecule has 2 saturated heterocycles. The summed E-state index contributed by atoms with van der Waals surface area (Å²) in [6, 6.07) is 7.55. The van der Waals surface area contributed by atoms with Crippen LogP contribution in [0.15, 0.2) is 29.2 Å². The van der Waals surface area contributed by atoms with Gasteiger partial charge < -0.3 is 10.2 Å². The number of thioether (sulfide) groups is 1. The molecule has 1 aromatic rings. The molecule has 1 N–H and O–H groups in total. The molecule has 2 aliphatic heterocycles. The van der Waals surface area contributed by atoms with E-state index in [2.05, 4.69) is 5.32 Å². The molecule has 3 unspecified atom stereocenters. The minimum atomic E-state index is -0.222. The van der Waals surface area contributed by atoms with E-state index in [1.54, 1.807) is 23.9 Å². The Morgan fingerprint density at radius 2 is 2.05 bits per heavy atom. The number of nitrogens with one attached hydrogen (secondary N) is 1. The van der Waals surface area contributed by atoms with E-state index in [-0.39, 0.29) is 17.6 Å². The number of amides is 1. The maximum absolute atomic E-state index is 12.9. The molecule has 0 spiro atoms. The fourth-order valence-electron chi connectivity index (χ4n) is 3.28. The minimum absolute atomic E-state index is 0.00770. The third-order valence-corrected chi connectivity index (χ3v) is 5.84. The third kappa shape index (κ3) is 3.82. The Morgan fingerprint density at radius 1 is 1.32 bits per heavy atom. The van der Waals surface area contributed by atoms with E-state index in [1.807, 2.05) is 11.8 Å². The molecule has 0 aliphatic carbocycles. The summed E-state index contributed by atoms with van der Waals surface area (Å²) in [5.74, 6) is 0.763. The van der Waals surface area contributed by atoms with Crippen LogP contribution in [0.1, 0.15) is 26.2 Å². The van der Waals surface area contributed by atoms with Gasteiger partial charge in [-0.3, -0.25) is 4.79 Å². The molecule has 2 heterocycles. The van der Waals surface area contributed by atoms with Gasteiger partial charge in [0.05, 0.1) is 0 Å². The van der Waals surface area contributed by atoms with Crippen molar-refractivity contribution in [3.8, 4) is 0 Å². The van der Waals surface area contributed by atoms with Crippen molar-refractivity contribution in [2.75, 3.05) is 18.8 Å². The molecule has 2 fully saturated rings. The maximum Gasteiger partial charge on any atom is 0.226 e. The van der Waals surface area contributed by atoms with Crippen LogP contribution in [-0.2, 0) is 4.79 Å². The largest absolute Gasteiger partial charge is 0.341 e. The zero-order chi connectivity index (χ0) is 15.5. The number of carbonyl (C=O) groups is 1. The lowest BCUT2D eigenvalue weighted by Gasteiger charge is -2.27. The first-order valence-electron chi connectivity index (χ1n) is 8.05. The van der Waals surface area contributed by atoms with E-state index in [4.69, 9.17) is 0 Å². The Bertz CT molecular complexity index is 522. The van der Waals surface area contributed by atoms with E-state index >= 15 is 0 Å². The quantitative estimate of drug-likeness (QED) is 0.865. The lowest BCUT2D eigenvalue weighted by molar-refractivity contribution is -0.134. The van der Waals surface area contributed by atoms with Crippen molar-refractivity contribution >= 4 is 17.7 Å². The SMILES string of the molecule is CC(CSc1ccc(F)cc1)C(=O)N1CCC2CCC(C1)N2. The predicted octanol–water partition coefficient (Wildman–Crippen LogP) is 2.91. The first-order chi connectivity index (χ1) is 10.6. The maximum atomic E-state index is 12.9. The Morgan fingerprint density at radius 3 is 2.82 bits per heavy atom. The molecule has 5 heteroatoms. The van der Waals surface area contributed by atoms with Crippen LogP contribution in [0.5, 0.6) is 0 Å². The molecule has 0 saturated carbocycles. The Labute approximate surface area is 135 Å². The van der Waals surface area contributed by atoms with Gasteiger partial charge in [0.25, 0.3) is 0 Å². The molecule has 0 radical (unpaired) electrons. The standard InChI is InChI=1S/C17H23FN2OS/c1-12(11-22-16-6-2-13(18)3-7-16)17(21)20-9-8-14-4-5-15(10-20)19-14/h2-3,6-7,12,14-15,19H,4-5,8-11H2,1H3. The van der Waals surface area contributed by atoms with Crippen LogP contribution in [0.4, 0.5) is 4.39 Å². The van der Waals surface area contributed by atoms with Crippen LogP contribution >= 0.6 is 11.8 Å². The monoisotopic (exact) mass is 322 g/mol. The first-order valence-corrected chi connectivity index (χ1v) is 9.03. The second kappa shape index (κ2) is 7.01. The van der Waals surface area contributed by atoms with Gasteiger partial charge in [-0.25, -0.2) is 4.39 Å². The fraction of sp³-hybridized carbons (Fsp3) is 0.588. The number of fused-ring (bicyclic) bond motifs is 2. The summed E-state index contributed by atoms with van der Waals surface area (Å²) in [4.78, 5) is 15.7. The van der Waals surface area contributed by atoms with Crippen LogP contribution in [-0.4, -0.2) is 41.7 Å². The Hall–Kier alpha value is -1.07. The van der Waals surface area contributed by atoms with Crippen molar-refractivity contribution < 1.29 is 9.18 Å². The highest BCUT2D eigenvalue weighted by atomic mass is 32.2. The summed E-state index contributed by atoms with van der Waals surface area (Å²) in [5, 5.41) is 3.61. The summed E-state index contributed by atoms with van der Waals surface area (Å²) >= 11 is 1.62. The van der Waals surface area contributed by atoms with E-state index in [9.17, 15) is 9.18 Å². The summed E-state index contributed by atoms with van der Waals surface area (Å²) in [6.45, 7) is 3.72. The number of benzene rings is 1.